The van der Waals surface area contributed by atoms with Crippen molar-refractivity contribution in [1.29, 1.82) is 0 Å². The highest BCUT2D eigenvalue weighted by Gasteiger charge is 2.13. The van der Waals surface area contributed by atoms with E-state index in [1.807, 2.05) is 43.3 Å². The van der Waals surface area contributed by atoms with Crippen LogP contribution in [0.5, 0.6) is 0 Å². The van der Waals surface area contributed by atoms with E-state index in [1.54, 1.807) is 12.1 Å². The van der Waals surface area contributed by atoms with Gasteiger partial charge >= 0.3 is 0 Å². The van der Waals surface area contributed by atoms with Crippen molar-refractivity contribution < 1.29 is 8.42 Å². The Labute approximate surface area is 133 Å². The molecule has 0 aromatic heterocycles. The molecule has 0 saturated heterocycles. The summed E-state index contributed by atoms with van der Waals surface area (Å²) >= 11 is 2.22. The van der Waals surface area contributed by atoms with E-state index < -0.39 is 10.0 Å². The monoisotopic (exact) mass is 401 g/mol. The summed E-state index contributed by atoms with van der Waals surface area (Å²) in [5.74, 6) is 0. The smallest absolute Gasteiger partial charge is 0.207 e. The van der Waals surface area contributed by atoms with E-state index in [0.717, 1.165) is 21.1 Å². The Balaban J connectivity index is 2.08. The first-order valence-corrected chi connectivity index (χ1v) is 8.90. The number of sulfonamides is 1. The van der Waals surface area contributed by atoms with Crippen LogP contribution in [-0.2, 0) is 23.0 Å². The highest BCUT2D eigenvalue weighted by atomic mass is 127. The third-order valence-electron chi connectivity index (χ3n) is 3.02. The molecule has 2 aromatic rings. The van der Waals surface area contributed by atoms with Gasteiger partial charge in [-0.2, -0.15) is 0 Å². The summed E-state index contributed by atoms with van der Waals surface area (Å²) in [5.41, 5.74) is 2.07. The Morgan fingerprint density at radius 2 is 1.50 bits per heavy atom. The molecular formula is C15H16INO2S. The number of hydrogen-bond donors (Lipinski definition) is 1. The Morgan fingerprint density at radius 1 is 0.950 bits per heavy atom. The summed E-state index contributed by atoms with van der Waals surface area (Å²) < 4.78 is 28.1. The van der Waals surface area contributed by atoms with Crippen molar-refractivity contribution in [2.75, 3.05) is 0 Å². The lowest BCUT2D eigenvalue weighted by atomic mass is 10.2. The van der Waals surface area contributed by atoms with Crippen LogP contribution in [0.3, 0.4) is 0 Å². The van der Waals surface area contributed by atoms with Crippen LogP contribution in [0.15, 0.2) is 53.4 Å². The molecule has 0 aliphatic rings. The van der Waals surface area contributed by atoms with Crippen molar-refractivity contribution in [3.05, 3.63) is 63.2 Å². The second kappa shape index (κ2) is 6.69. The van der Waals surface area contributed by atoms with Gasteiger partial charge in [0.15, 0.2) is 0 Å². The average Bonchev–Trinajstić information content (AvgIpc) is 2.47. The summed E-state index contributed by atoms with van der Waals surface area (Å²) in [6.45, 7) is 2.34. The summed E-state index contributed by atoms with van der Waals surface area (Å²) in [7, 11) is -3.45. The molecular weight excluding hydrogens is 385 g/mol. The molecule has 5 heteroatoms. The lowest BCUT2D eigenvalue weighted by molar-refractivity contribution is 0.581. The number of benzene rings is 2. The van der Waals surface area contributed by atoms with Gasteiger partial charge in [0.1, 0.15) is 0 Å². The molecule has 2 aromatic carbocycles. The largest absolute Gasteiger partial charge is 0.240 e. The molecule has 0 unspecified atom stereocenters. The van der Waals surface area contributed by atoms with Crippen molar-refractivity contribution in [3.63, 3.8) is 0 Å². The Hall–Kier alpha value is -0.920. The minimum absolute atomic E-state index is 0.300. The van der Waals surface area contributed by atoms with E-state index in [1.165, 1.54) is 0 Å². The van der Waals surface area contributed by atoms with Crippen molar-refractivity contribution in [2.24, 2.45) is 0 Å². The summed E-state index contributed by atoms with van der Waals surface area (Å²) in [5, 5.41) is 0. The van der Waals surface area contributed by atoms with Crippen LogP contribution in [0.4, 0.5) is 0 Å². The van der Waals surface area contributed by atoms with E-state index in [2.05, 4.69) is 27.3 Å². The fourth-order valence-corrected chi connectivity index (χ4v) is 3.15. The van der Waals surface area contributed by atoms with E-state index in [9.17, 15) is 8.42 Å². The molecule has 20 heavy (non-hydrogen) atoms. The molecule has 0 aliphatic heterocycles. The van der Waals surface area contributed by atoms with Gasteiger partial charge in [-0.05, 0) is 64.4 Å². The number of nitrogens with one attached hydrogen (secondary N) is 1. The second-order valence-electron chi connectivity index (χ2n) is 4.45. The predicted molar refractivity (Wildman–Crippen MR) is 89.0 cm³/mol. The third-order valence-corrected chi connectivity index (χ3v) is 5.16. The molecule has 0 spiro atoms. The van der Waals surface area contributed by atoms with Crippen molar-refractivity contribution in [1.82, 2.24) is 4.72 Å². The molecule has 3 nitrogen and oxygen atoms in total. The second-order valence-corrected chi connectivity index (χ2v) is 7.46. The normalized spacial score (nSPS) is 11.5. The Bertz CT molecular complexity index is 664. The molecule has 0 aliphatic carbocycles. The SMILES string of the molecule is CCc1ccc(S(=O)(=O)NCc2ccc(I)cc2)cc1. The molecule has 0 fully saturated rings. The number of aryl methyl sites for hydroxylation is 1. The minimum Gasteiger partial charge on any atom is -0.207 e. The van der Waals surface area contributed by atoms with Crippen LogP contribution in [-0.4, -0.2) is 8.42 Å². The van der Waals surface area contributed by atoms with E-state index in [0.29, 0.717) is 11.4 Å². The van der Waals surface area contributed by atoms with Gasteiger partial charge in [-0.25, -0.2) is 13.1 Å². The van der Waals surface area contributed by atoms with Crippen molar-refractivity contribution in [3.8, 4) is 0 Å². The number of halogens is 1. The molecule has 1 N–H and O–H groups in total. The molecule has 0 saturated carbocycles. The first-order chi connectivity index (χ1) is 9.51. The highest BCUT2D eigenvalue weighted by Crippen LogP contribution is 2.12. The van der Waals surface area contributed by atoms with Crippen LogP contribution < -0.4 is 4.72 Å². The van der Waals surface area contributed by atoms with Gasteiger partial charge in [0.2, 0.25) is 10.0 Å². The Kier molecular flexibility index (Phi) is 5.17. The zero-order valence-corrected chi connectivity index (χ0v) is 14.1. The van der Waals surface area contributed by atoms with Crippen LogP contribution in [0.1, 0.15) is 18.1 Å². The molecule has 2 rings (SSSR count). The average molecular weight is 401 g/mol. The molecule has 0 amide bonds. The van der Waals surface area contributed by atoms with Crippen LogP contribution in [0.25, 0.3) is 0 Å². The molecule has 106 valence electrons. The summed E-state index contributed by atoms with van der Waals surface area (Å²) in [6, 6.07) is 14.7. The predicted octanol–water partition coefficient (Wildman–Crippen LogP) is 3.33. The topological polar surface area (TPSA) is 46.2 Å². The number of rotatable bonds is 5. The summed E-state index contributed by atoms with van der Waals surface area (Å²) in [4.78, 5) is 0.306. The fraction of sp³-hybridized carbons (Fsp3) is 0.200. The maximum absolute atomic E-state index is 12.2. The van der Waals surface area contributed by atoms with Gasteiger partial charge in [0, 0.05) is 10.1 Å². The molecule has 0 radical (unpaired) electrons. The van der Waals surface area contributed by atoms with E-state index in [-0.39, 0.29) is 0 Å². The molecule has 0 heterocycles. The van der Waals surface area contributed by atoms with Gasteiger partial charge in [0.05, 0.1) is 4.90 Å². The van der Waals surface area contributed by atoms with Crippen LogP contribution in [0, 0.1) is 3.57 Å². The third kappa shape index (κ3) is 4.04. The lowest BCUT2D eigenvalue weighted by Gasteiger charge is -2.07. The maximum Gasteiger partial charge on any atom is 0.240 e. The standard InChI is InChI=1S/C15H16INO2S/c1-2-12-5-9-15(10-6-12)20(18,19)17-11-13-3-7-14(16)8-4-13/h3-10,17H,2,11H2,1H3. The van der Waals surface area contributed by atoms with Crippen LogP contribution >= 0.6 is 22.6 Å². The molecule has 0 bridgehead atoms. The molecule has 0 atom stereocenters. The zero-order chi connectivity index (χ0) is 14.6. The van der Waals surface area contributed by atoms with Gasteiger partial charge in [-0.3, -0.25) is 0 Å². The quantitative estimate of drug-likeness (QED) is 0.782. The maximum atomic E-state index is 12.2. The lowest BCUT2D eigenvalue weighted by Crippen LogP contribution is -2.23. The van der Waals surface area contributed by atoms with Crippen molar-refractivity contribution in [2.45, 2.75) is 24.8 Å². The first-order valence-electron chi connectivity index (χ1n) is 6.34. The fourth-order valence-electron chi connectivity index (χ4n) is 1.77. The first kappa shape index (κ1) is 15.5. The van der Waals surface area contributed by atoms with E-state index in [4.69, 9.17) is 0 Å². The van der Waals surface area contributed by atoms with Crippen LogP contribution in [0.2, 0.25) is 0 Å². The van der Waals surface area contributed by atoms with Gasteiger partial charge < -0.3 is 0 Å². The summed E-state index contributed by atoms with van der Waals surface area (Å²) in [6.07, 6.45) is 0.899. The highest BCUT2D eigenvalue weighted by molar-refractivity contribution is 14.1. The zero-order valence-electron chi connectivity index (χ0n) is 11.1. The Morgan fingerprint density at radius 3 is 2.05 bits per heavy atom. The van der Waals surface area contributed by atoms with E-state index >= 15 is 0 Å². The van der Waals surface area contributed by atoms with Gasteiger partial charge in [0.25, 0.3) is 0 Å². The van der Waals surface area contributed by atoms with Gasteiger partial charge in [-0.1, -0.05) is 31.2 Å². The van der Waals surface area contributed by atoms with Gasteiger partial charge in [-0.15, -0.1) is 0 Å². The number of hydrogen-bond acceptors (Lipinski definition) is 2. The minimum atomic E-state index is -3.45. The van der Waals surface area contributed by atoms with Crippen molar-refractivity contribution >= 4 is 32.6 Å².